The smallest absolute Gasteiger partial charge is 0.252 e. The summed E-state index contributed by atoms with van der Waals surface area (Å²) in [7, 11) is -3.49. The van der Waals surface area contributed by atoms with E-state index in [1.807, 2.05) is 22.4 Å². The Bertz CT molecular complexity index is 803. The quantitative estimate of drug-likeness (QED) is 0.808. The maximum atomic E-state index is 12.6. The molecule has 0 bridgehead atoms. The number of sulfonamides is 1. The number of nitriles is 1. The van der Waals surface area contributed by atoms with Gasteiger partial charge in [0, 0.05) is 31.1 Å². The molecule has 0 radical (unpaired) electrons. The molecule has 0 saturated carbocycles. The standard InChI is InChI=1S/C14H14ClN3O2S3/c15-13-3-4-14(22-13)23(19,20)18-7-5-17(6-8-18)11(10-16)12-2-1-9-21-12/h1-4,9,11H,5-8H2. The van der Waals surface area contributed by atoms with Gasteiger partial charge in [-0.2, -0.15) is 9.57 Å². The Hall–Kier alpha value is -0.950. The third-order valence-electron chi connectivity index (χ3n) is 3.72. The third kappa shape index (κ3) is 3.45. The molecule has 0 spiro atoms. The zero-order chi connectivity index (χ0) is 16.4. The minimum absolute atomic E-state index is 0.269. The molecule has 1 saturated heterocycles. The van der Waals surface area contributed by atoms with E-state index >= 15 is 0 Å². The number of halogens is 1. The van der Waals surface area contributed by atoms with Crippen LogP contribution in [-0.4, -0.2) is 43.8 Å². The Labute approximate surface area is 148 Å². The van der Waals surface area contributed by atoms with Crippen molar-refractivity contribution in [1.29, 1.82) is 5.26 Å². The van der Waals surface area contributed by atoms with Gasteiger partial charge >= 0.3 is 0 Å². The highest BCUT2D eigenvalue weighted by Gasteiger charge is 2.32. The fourth-order valence-corrected chi connectivity index (χ4v) is 6.40. The summed E-state index contributed by atoms with van der Waals surface area (Å²) in [5.74, 6) is 0. The first kappa shape index (κ1) is 16.9. The molecule has 5 nitrogen and oxygen atoms in total. The minimum Gasteiger partial charge on any atom is -0.281 e. The number of rotatable bonds is 4. The number of hydrogen-bond donors (Lipinski definition) is 0. The topological polar surface area (TPSA) is 64.4 Å². The zero-order valence-electron chi connectivity index (χ0n) is 12.1. The van der Waals surface area contributed by atoms with Gasteiger partial charge in [-0.05, 0) is 23.6 Å². The van der Waals surface area contributed by atoms with Crippen LogP contribution in [0.1, 0.15) is 10.9 Å². The SMILES string of the molecule is N#CC(c1cccs1)N1CCN(S(=O)(=O)c2ccc(Cl)s2)CC1. The highest BCUT2D eigenvalue weighted by molar-refractivity contribution is 7.91. The van der Waals surface area contributed by atoms with Crippen LogP contribution in [0, 0.1) is 11.3 Å². The fraction of sp³-hybridized carbons (Fsp3) is 0.357. The summed E-state index contributed by atoms with van der Waals surface area (Å²) < 4.78 is 27.3. The first-order valence-corrected chi connectivity index (χ1v) is 10.5. The van der Waals surface area contributed by atoms with Crippen molar-refractivity contribution in [3.63, 3.8) is 0 Å². The number of thiophene rings is 2. The first-order valence-electron chi connectivity index (χ1n) is 6.95. The van der Waals surface area contributed by atoms with E-state index in [1.165, 1.54) is 4.31 Å². The van der Waals surface area contributed by atoms with Crippen LogP contribution >= 0.6 is 34.3 Å². The van der Waals surface area contributed by atoms with E-state index in [0.717, 1.165) is 16.2 Å². The van der Waals surface area contributed by atoms with Crippen molar-refractivity contribution in [3.8, 4) is 6.07 Å². The number of piperazine rings is 1. The molecule has 1 atom stereocenters. The monoisotopic (exact) mass is 387 g/mol. The van der Waals surface area contributed by atoms with Crippen LogP contribution < -0.4 is 0 Å². The fourth-order valence-electron chi connectivity index (χ4n) is 2.54. The second-order valence-electron chi connectivity index (χ2n) is 5.05. The highest BCUT2D eigenvalue weighted by atomic mass is 35.5. The lowest BCUT2D eigenvalue weighted by molar-refractivity contribution is 0.164. The summed E-state index contributed by atoms with van der Waals surface area (Å²) in [5.41, 5.74) is 0. The molecule has 1 fully saturated rings. The molecule has 9 heteroatoms. The van der Waals surface area contributed by atoms with Crippen molar-refractivity contribution in [2.24, 2.45) is 0 Å². The predicted molar refractivity (Wildman–Crippen MR) is 92.3 cm³/mol. The average Bonchev–Trinajstić information content (AvgIpc) is 3.21. The number of nitrogens with zero attached hydrogens (tertiary/aromatic N) is 3. The molecule has 0 amide bonds. The van der Waals surface area contributed by atoms with Crippen LogP contribution in [0.2, 0.25) is 4.34 Å². The zero-order valence-corrected chi connectivity index (χ0v) is 15.3. The number of hydrogen-bond acceptors (Lipinski definition) is 6. The van der Waals surface area contributed by atoms with Crippen molar-refractivity contribution < 1.29 is 8.42 Å². The van der Waals surface area contributed by atoms with Crippen LogP contribution in [0.15, 0.2) is 33.9 Å². The van der Waals surface area contributed by atoms with E-state index in [0.29, 0.717) is 30.5 Å². The molecule has 3 rings (SSSR count). The van der Waals surface area contributed by atoms with E-state index in [2.05, 4.69) is 6.07 Å². The van der Waals surface area contributed by atoms with Gasteiger partial charge in [0.25, 0.3) is 10.0 Å². The third-order valence-corrected chi connectivity index (χ3v) is 8.24. The van der Waals surface area contributed by atoms with E-state index in [9.17, 15) is 13.7 Å². The minimum atomic E-state index is -3.49. The Balaban J connectivity index is 1.70. The lowest BCUT2D eigenvalue weighted by atomic mass is 10.2. The van der Waals surface area contributed by atoms with Gasteiger partial charge in [0.2, 0.25) is 0 Å². The van der Waals surface area contributed by atoms with Gasteiger partial charge in [0.05, 0.1) is 10.4 Å². The van der Waals surface area contributed by atoms with Gasteiger partial charge in [0.15, 0.2) is 0 Å². The summed E-state index contributed by atoms with van der Waals surface area (Å²) in [4.78, 5) is 3.02. The molecule has 122 valence electrons. The second-order valence-corrected chi connectivity index (χ2v) is 9.90. The van der Waals surface area contributed by atoms with Gasteiger partial charge in [-0.3, -0.25) is 4.90 Å². The second kappa shape index (κ2) is 6.89. The van der Waals surface area contributed by atoms with Crippen molar-refractivity contribution in [1.82, 2.24) is 9.21 Å². The summed E-state index contributed by atoms with van der Waals surface area (Å²) in [6.45, 7) is 1.83. The van der Waals surface area contributed by atoms with Crippen LogP contribution in [0.3, 0.4) is 0 Å². The van der Waals surface area contributed by atoms with Gasteiger partial charge < -0.3 is 0 Å². The molecule has 23 heavy (non-hydrogen) atoms. The molecule has 0 aromatic carbocycles. The van der Waals surface area contributed by atoms with Crippen LogP contribution in [-0.2, 0) is 10.0 Å². The average molecular weight is 388 g/mol. The maximum absolute atomic E-state index is 12.6. The molecule has 2 aromatic heterocycles. The van der Waals surface area contributed by atoms with Crippen molar-refractivity contribution >= 4 is 44.3 Å². The molecule has 0 N–H and O–H groups in total. The molecular formula is C14H14ClN3O2S3. The van der Waals surface area contributed by atoms with Gasteiger partial charge in [-0.15, -0.1) is 22.7 Å². The lowest BCUT2D eigenvalue weighted by Crippen LogP contribution is -2.49. The Morgan fingerprint density at radius 2 is 1.96 bits per heavy atom. The predicted octanol–water partition coefficient (Wildman–Crippen LogP) is 3.03. The van der Waals surface area contributed by atoms with Crippen LogP contribution in [0.25, 0.3) is 0 Å². The van der Waals surface area contributed by atoms with Gasteiger partial charge in [-0.25, -0.2) is 8.42 Å². The van der Waals surface area contributed by atoms with Gasteiger partial charge in [0.1, 0.15) is 10.3 Å². The lowest BCUT2D eigenvalue weighted by Gasteiger charge is -2.35. The Morgan fingerprint density at radius 1 is 1.22 bits per heavy atom. The molecule has 1 aliphatic heterocycles. The van der Waals surface area contributed by atoms with Crippen LogP contribution in [0.4, 0.5) is 0 Å². The Morgan fingerprint density at radius 3 is 2.48 bits per heavy atom. The Kier molecular flexibility index (Phi) is 5.06. The molecule has 0 aliphatic carbocycles. The van der Waals surface area contributed by atoms with Crippen molar-refractivity contribution in [2.75, 3.05) is 26.2 Å². The van der Waals surface area contributed by atoms with E-state index in [1.54, 1.807) is 23.5 Å². The summed E-state index contributed by atoms with van der Waals surface area (Å²) in [5, 5.41) is 11.4. The normalized spacial score (nSPS) is 18.6. The van der Waals surface area contributed by atoms with Gasteiger partial charge in [-0.1, -0.05) is 17.7 Å². The van der Waals surface area contributed by atoms with E-state index in [4.69, 9.17) is 11.6 Å². The van der Waals surface area contributed by atoms with E-state index < -0.39 is 10.0 Å². The largest absolute Gasteiger partial charge is 0.281 e. The highest BCUT2D eigenvalue weighted by Crippen LogP contribution is 2.30. The molecule has 1 aliphatic rings. The molecule has 2 aromatic rings. The maximum Gasteiger partial charge on any atom is 0.252 e. The summed E-state index contributed by atoms with van der Waals surface area (Å²) in [6, 6.07) is 9.00. The van der Waals surface area contributed by atoms with E-state index in [-0.39, 0.29) is 10.3 Å². The molecule has 1 unspecified atom stereocenters. The first-order chi connectivity index (χ1) is 11.0. The van der Waals surface area contributed by atoms with Crippen molar-refractivity contribution in [3.05, 3.63) is 38.9 Å². The molecular weight excluding hydrogens is 374 g/mol. The molecule has 3 heterocycles. The summed E-state index contributed by atoms with van der Waals surface area (Å²) in [6.07, 6.45) is 0. The summed E-state index contributed by atoms with van der Waals surface area (Å²) >= 11 is 8.45. The van der Waals surface area contributed by atoms with Crippen molar-refractivity contribution in [2.45, 2.75) is 10.3 Å². The van der Waals surface area contributed by atoms with Crippen LogP contribution in [0.5, 0.6) is 0 Å².